The zero-order valence-corrected chi connectivity index (χ0v) is 20.5. The smallest absolute Gasteiger partial charge is 0.241 e. The monoisotopic (exact) mass is 496 g/mol. The zero-order chi connectivity index (χ0) is 24.0. The average molecular weight is 497 g/mol. The van der Waals surface area contributed by atoms with Gasteiger partial charge in [0.25, 0.3) is 0 Å². The van der Waals surface area contributed by atoms with Crippen LogP contribution < -0.4 is 4.72 Å². The minimum Gasteiger partial charge on any atom is -0.341 e. The van der Waals surface area contributed by atoms with Crippen molar-refractivity contribution < 1.29 is 13.2 Å². The van der Waals surface area contributed by atoms with Crippen molar-refractivity contribution in [2.45, 2.75) is 36.6 Å². The van der Waals surface area contributed by atoms with E-state index in [4.69, 9.17) is 11.6 Å². The number of hydrogen-bond donors (Lipinski definition) is 1. The van der Waals surface area contributed by atoms with Gasteiger partial charge in [0.1, 0.15) is 6.04 Å². The molecule has 1 heterocycles. The molecule has 0 saturated carbocycles. The number of benzene rings is 3. The van der Waals surface area contributed by atoms with Crippen molar-refractivity contribution in [2.24, 2.45) is 5.92 Å². The quantitative estimate of drug-likeness (QED) is 0.491. The Morgan fingerprint density at radius 1 is 0.882 bits per heavy atom. The van der Waals surface area contributed by atoms with E-state index < -0.39 is 16.1 Å². The molecule has 3 aromatic rings. The number of halogens is 1. The van der Waals surface area contributed by atoms with E-state index in [-0.39, 0.29) is 17.2 Å². The Kier molecular flexibility index (Phi) is 8.03. The second-order valence-corrected chi connectivity index (χ2v) is 10.9. The number of amides is 1. The van der Waals surface area contributed by atoms with Crippen LogP contribution in [0.25, 0.3) is 0 Å². The van der Waals surface area contributed by atoms with E-state index >= 15 is 0 Å². The highest BCUT2D eigenvalue weighted by Crippen LogP contribution is 2.23. The molecule has 1 aliphatic rings. The fraction of sp³-hybridized carbons (Fsp3) is 0.296. The topological polar surface area (TPSA) is 66.5 Å². The number of piperidine rings is 1. The second-order valence-electron chi connectivity index (χ2n) is 8.78. The molecule has 3 aromatic carbocycles. The molecule has 5 nitrogen and oxygen atoms in total. The number of hydrogen-bond acceptors (Lipinski definition) is 3. The molecule has 0 aliphatic carbocycles. The van der Waals surface area contributed by atoms with Crippen LogP contribution >= 0.6 is 11.6 Å². The van der Waals surface area contributed by atoms with E-state index in [0.717, 1.165) is 24.8 Å². The van der Waals surface area contributed by atoms with E-state index in [1.165, 1.54) is 29.8 Å². The molecule has 1 N–H and O–H groups in total. The Bertz CT molecular complexity index is 1180. The summed E-state index contributed by atoms with van der Waals surface area (Å²) in [6, 6.07) is 25.0. The van der Waals surface area contributed by atoms with Crippen LogP contribution in [0.4, 0.5) is 0 Å². The molecule has 0 spiro atoms. The molecule has 34 heavy (non-hydrogen) atoms. The molecule has 1 fully saturated rings. The van der Waals surface area contributed by atoms with Crippen molar-refractivity contribution in [1.82, 2.24) is 9.62 Å². The molecular formula is C27H29ClN2O3S. The van der Waals surface area contributed by atoms with Gasteiger partial charge < -0.3 is 4.90 Å². The van der Waals surface area contributed by atoms with Crippen LogP contribution in [0.5, 0.6) is 0 Å². The third kappa shape index (κ3) is 6.47. The maximum absolute atomic E-state index is 13.5. The lowest BCUT2D eigenvalue weighted by molar-refractivity contribution is -0.134. The Hall–Kier alpha value is -2.67. The van der Waals surface area contributed by atoms with Crippen molar-refractivity contribution in [2.75, 3.05) is 13.1 Å². The molecule has 7 heteroatoms. The van der Waals surface area contributed by atoms with Gasteiger partial charge in [-0.05, 0) is 67.0 Å². The summed E-state index contributed by atoms with van der Waals surface area (Å²) in [7, 11) is -3.89. The first-order valence-electron chi connectivity index (χ1n) is 11.6. The molecule has 1 amide bonds. The molecule has 1 saturated heterocycles. The van der Waals surface area contributed by atoms with Crippen LogP contribution in [-0.4, -0.2) is 38.4 Å². The predicted octanol–water partition coefficient (Wildman–Crippen LogP) is 4.71. The van der Waals surface area contributed by atoms with Crippen molar-refractivity contribution >= 4 is 27.5 Å². The summed E-state index contributed by atoms with van der Waals surface area (Å²) in [4.78, 5) is 15.4. The molecular weight excluding hydrogens is 468 g/mol. The van der Waals surface area contributed by atoms with Gasteiger partial charge in [0.05, 0.1) is 4.90 Å². The molecule has 4 rings (SSSR count). The second kappa shape index (κ2) is 11.2. The normalized spacial score (nSPS) is 15.7. The largest absolute Gasteiger partial charge is 0.341 e. The first-order chi connectivity index (χ1) is 16.4. The van der Waals surface area contributed by atoms with E-state index in [1.807, 2.05) is 36.4 Å². The first-order valence-corrected chi connectivity index (χ1v) is 13.4. The lowest BCUT2D eigenvalue weighted by atomic mass is 9.90. The standard InChI is InChI=1S/C27H29ClN2O3S/c28-24-11-13-25(14-12-24)34(32,33)29-26(20-22-9-5-2-6-10-22)27(31)30-17-15-23(16-18-30)19-21-7-3-1-4-8-21/h1-14,23,26,29H,15-20H2/t26-/m0/s1. The van der Waals surface area contributed by atoms with Crippen LogP contribution in [0.3, 0.4) is 0 Å². The summed E-state index contributed by atoms with van der Waals surface area (Å²) in [5, 5.41) is 0.453. The highest BCUT2D eigenvalue weighted by molar-refractivity contribution is 7.89. The summed E-state index contributed by atoms with van der Waals surface area (Å²) in [5.74, 6) is 0.337. The number of sulfonamides is 1. The Balaban J connectivity index is 1.46. The van der Waals surface area contributed by atoms with Crippen LogP contribution in [0.15, 0.2) is 89.8 Å². The predicted molar refractivity (Wildman–Crippen MR) is 135 cm³/mol. The SMILES string of the molecule is O=C([C@H](Cc1ccccc1)NS(=O)(=O)c1ccc(Cl)cc1)N1CCC(Cc2ccccc2)CC1. The zero-order valence-electron chi connectivity index (χ0n) is 18.9. The molecule has 1 aliphatic heterocycles. The van der Waals surface area contributed by atoms with Gasteiger partial charge in [-0.1, -0.05) is 72.3 Å². The molecule has 0 bridgehead atoms. The van der Waals surface area contributed by atoms with Crippen LogP contribution in [0.2, 0.25) is 5.02 Å². The number of nitrogens with one attached hydrogen (secondary N) is 1. The minimum atomic E-state index is -3.89. The Labute approximate surface area is 206 Å². The molecule has 0 radical (unpaired) electrons. The number of carbonyl (C=O) groups is 1. The van der Waals surface area contributed by atoms with Crippen LogP contribution in [0, 0.1) is 5.92 Å². The molecule has 0 aromatic heterocycles. The number of carbonyl (C=O) groups excluding carboxylic acids is 1. The van der Waals surface area contributed by atoms with Gasteiger partial charge >= 0.3 is 0 Å². The molecule has 1 atom stereocenters. The van der Waals surface area contributed by atoms with Gasteiger partial charge in [-0.2, -0.15) is 4.72 Å². The molecule has 178 valence electrons. The third-order valence-electron chi connectivity index (χ3n) is 6.30. The van der Waals surface area contributed by atoms with Gasteiger partial charge in [0.2, 0.25) is 15.9 Å². The van der Waals surface area contributed by atoms with Crippen molar-refractivity contribution in [3.05, 3.63) is 101 Å². The number of nitrogens with zero attached hydrogens (tertiary/aromatic N) is 1. The van der Waals surface area contributed by atoms with Crippen molar-refractivity contribution in [3.8, 4) is 0 Å². The minimum absolute atomic E-state index is 0.0873. The highest BCUT2D eigenvalue weighted by Gasteiger charge is 2.31. The number of likely N-dealkylation sites (tertiary alicyclic amines) is 1. The summed E-state index contributed by atoms with van der Waals surface area (Å²) in [6.45, 7) is 1.26. The van der Waals surface area contributed by atoms with E-state index in [9.17, 15) is 13.2 Å². The highest BCUT2D eigenvalue weighted by atomic mass is 35.5. The van der Waals surface area contributed by atoms with Gasteiger partial charge in [0, 0.05) is 18.1 Å². The van der Waals surface area contributed by atoms with E-state index in [0.29, 0.717) is 24.0 Å². The van der Waals surface area contributed by atoms with Gasteiger partial charge in [-0.25, -0.2) is 8.42 Å². The third-order valence-corrected chi connectivity index (χ3v) is 8.04. The van der Waals surface area contributed by atoms with Gasteiger partial charge in [-0.15, -0.1) is 0 Å². The van der Waals surface area contributed by atoms with Crippen molar-refractivity contribution in [1.29, 1.82) is 0 Å². The Morgan fingerprint density at radius 2 is 1.44 bits per heavy atom. The lowest BCUT2D eigenvalue weighted by Gasteiger charge is -2.34. The summed E-state index contributed by atoms with van der Waals surface area (Å²) in [5.41, 5.74) is 2.21. The fourth-order valence-corrected chi connectivity index (χ4v) is 5.74. The maximum Gasteiger partial charge on any atom is 0.241 e. The van der Waals surface area contributed by atoms with Crippen LogP contribution in [-0.2, 0) is 27.7 Å². The number of rotatable bonds is 8. The van der Waals surface area contributed by atoms with E-state index in [1.54, 1.807) is 4.90 Å². The van der Waals surface area contributed by atoms with Gasteiger partial charge in [0.15, 0.2) is 0 Å². The van der Waals surface area contributed by atoms with Crippen molar-refractivity contribution in [3.63, 3.8) is 0 Å². The average Bonchev–Trinajstić information content (AvgIpc) is 2.85. The van der Waals surface area contributed by atoms with E-state index in [2.05, 4.69) is 29.0 Å². The summed E-state index contributed by atoms with van der Waals surface area (Å²) in [6.07, 6.45) is 3.10. The summed E-state index contributed by atoms with van der Waals surface area (Å²) >= 11 is 5.91. The molecule has 0 unspecified atom stereocenters. The lowest BCUT2D eigenvalue weighted by Crippen LogP contribution is -2.51. The Morgan fingerprint density at radius 3 is 2.03 bits per heavy atom. The first kappa shape index (κ1) is 24.5. The van der Waals surface area contributed by atoms with Gasteiger partial charge in [-0.3, -0.25) is 4.79 Å². The maximum atomic E-state index is 13.5. The van der Waals surface area contributed by atoms with Crippen LogP contribution in [0.1, 0.15) is 24.0 Å². The fourth-order valence-electron chi connectivity index (χ4n) is 4.42. The summed E-state index contributed by atoms with van der Waals surface area (Å²) < 4.78 is 28.8.